The Hall–Kier alpha value is -3.32. The van der Waals surface area contributed by atoms with Crippen molar-refractivity contribution < 1.29 is 9.18 Å². The number of hydrogen-bond acceptors (Lipinski definition) is 5. The molecular weight excluding hydrogens is 405 g/mol. The zero-order chi connectivity index (χ0) is 22.2. The molecule has 6 nitrogen and oxygen atoms in total. The van der Waals surface area contributed by atoms with Crippen LogP contribution in [0.1, 0.15) is 36.0 Å². The Kier molecular flexibility index (Phi) is 7.40. The van der Waals surface area contributed by atoms with E-state index in [0.29, 0.717) is 23.6 Å². The molecule has 1 amide bonds. The molecule has 2 heterocycles. The maximum atomic E-state index is 13.1. The minimum atomic E-state index is -0.283. The summed E-state index contributed by atoms with van der Waals surface area (Å²) in [6, 6.07) is 17.1. The van der Waals surface area contributed by atoms with Crippen LogP contribution in [0, 0.1) is 5.82 Å². The molecule has 0 saturated carbocycles. The topological polar surface area (TPSA) is 70.2 Å². The molecule has 2 N–H and O–H groups in total. The zero-order valence-electron chi connectivity index (χ0n) is 18.1. The van der Waals surface area contributed by atoms with E-state index in [-0.39, 0.29) is 11.7 Å². The lowest BCUT2D eigenvalue weighted by atomic mass is 10.1. The molecule has 1 aliphatic rings. The summed E-state index contributed by atoms with van der Waals surface area (Å²) in [5.41, 5.74) is 2.92. The SMILES string of the molecule is O=C(NCCN1CCCCCC1)c1ccc(Nc2ccc(-c3ccc(F)cc3)nn2)cc1. The quantitative estimate of drug-likeness (QED) is 0.568. The second-order valence-electron chi connectivity index (χ2n) is 8.02. The van der Waals surface area contributed by atoms with Crippen LogP contribution in [0.4, 0.5) is 15.9 Å². The molecule has 7 heteroatoms. The molecule has 0 bridgehead atoms. The van der Waals surface area contributed by atoms with Crippen molar-refractivity contribution >= 4 is 17.4 Å². The fourth-order valence-corrected chi connectivity index (χ4v) is 3.82. The van der Waals surface area contributed by atoms with Gasteiger partial charge in [-0.05, 0) is 86.6 Å². The van der Waals surface area contributed by atoms with Crippen molar-refractivity contribution in [3.63, 3.8) is 0 Å². The average Bonchev–Trinajstić information content (AvgIpc) is 3.09. The van der Waals surface area contributed by atoms with E-state index in [9.17, 15) is 9.18 Å². The third kappa shape index (κ3) is 6.11. The zero-order valence-corrected chi connectivity index (χ0v) is 18.1. The molecule has 1 saturated heterocycles. The van der Waals surface area contributed by atoms with E-state index in [1.54, 1.807) is 24.3 Å². The number of halogens is 1. The maximum absolute atomic E-state index is 13.1. The Bertz CT molecular complexity index is 998. The minimum absolute atomic E-state index is 0.0604. The molecule has 0 unspecified atom stereocenters. The van der Waals surface area contributed by atoms with E-state index in [1.165, 1.54) is 37.8 Å². The van der Waals surface area contributed by atoms with Gasteiger partial charge in [-0.25, -0.2) is 4.39 Å². The van der Waals surface area contributed by atoms with Crippen molar-refractivity contribution in [2.75, 3.05) is 31.5 Å². The van der Waals surface area contributed by atoms with Gasteiger partial charge in [-0.2, -0.15) is 0 Å². The number of benzene rings is 2. The summed E-state index contributed by atoms with van der Waals surface area (Å²) >= 11 is 0. The number of likely N-dealkylation sites (tertiary alicyclic amines) is 1. The van der Waals surface area contributed by atoms with Crippen molar-refractivity contribution in [1.82, 2.24) is 20.4 Å². The first-order valence-corrected chi connectivity index (χ1v) is 11.1. The first kappa shape index (κ1) is 21.9. The summed E-state index contributed by atoms with van der Waals surface area (Å²) in [6.07, 6.45) is 5.13. The number of amides is 1. The van der Waals surface area contributed by atoms with E-state index in [4.69, 9.17) is 0 Å². The lowest BCUT2D eigenvalue weighted by Crippen LogP contribution is -2.35. The van der Waals surface area contributed by atoms with Gasteiger partial charge in [-0.1, -0.05) is 12.8 Å². The average molecular weight is 434 g/mol. The molecule has 1 aromatic heterocycles. The largest absolute Gasteiger partial charge is 0.351 e. The molecule has 3 aromatic rings. The molecular formula is C25H28FN5O. The monoisotopic (exact) mass is 433 g/mol. The van der Waals surface area contributed by atoms with Gasteiger partial charge in [0.05, 0.1) is 5.69 Å². The second-order valence-corrected chi connectivity index (χ2v) is 8.02. The van der Waals surface area contributed by atoms with Crippen LogP contribution in [-0.4, -0.2) is 47.2 Å². The van der Waals surface area contributed by atoms with E-state index in [0.717, 1.165) is 30.9 Å². The fraction of sp³-hybridized carbons (Fsp3) is 0.320. The molecule has 0 aliphatic carbocycles. The summed E-state index contributed by atoms with van der Waals surface area (Å²) in [5, 5.41) is 14.6. The highest BCUT2D eigenvalue weighted by atomic mass is 19.1. The number of aromatic nitrogens is 2. The Morgan fingerprint density at radius 3 is 2.25 bits per heavy atom. The highest BCUT2D eigenvalue weighted by Crippen LogP contribution is 2.20. The maximum Gasteiger partial charge on any atom is 0.251 e. The van der Waals surface area contributed by atoms with Gasteiger partial charge in [0.1, 0.15) is 5.82 Å². The van der Waals surface area contributed by atoms with Crippen LogP contribution in [0.15, 0.2) is 60.7 Å². The number of rotatable bonds is 7. The second kappa shape index (κ2) is 10.8. The van der Waals surface area contributed by atoms with Crippen molar-refractivity contribution in [2.24, 2.45) is 0 Å². The lowest BCUT2D eigenvalue weighted by molar-refractivity contribution is 0.0948. The van der Waals surface area contributed by atoms with Crippen molar-refractivity contribution in [1.29, 1.82) is 0 Å². The summed E-state index contributed by atoms with van der Waals surface area (Å²) in [6.45, 7) is 3.82. The number of carbonyl (C=O) groups excluding carboxylic acids is 1. The third-order valence-electron chi connectivity index (χ3n) is 5.64. The van der Waals surface area contributed by atoms with Crippen molar-refractivity contribution in [3.8, 4) is 11.3 Å². The summed E-state index contributed by atoms with van der Waals surface area (Å²) in [5.74, 6) is 0.245. The molecule has 1 aliphatic heterocycles. The third-order valence-corrected chi connectivity index (χ3v) is 5.64. The molecule has 2 aromatic carbocycles. The van der Waals surface area contributed by atoms with Crippen molar-refractivity contribution in [3.05, 3.63) is 72.0 Å². The van der Waals surface area contributed by atoms with Gasteiger partial charge in [0, 0.05) is 29.9 Å². The number of nitrogens with zero attached hydrogens (tertiary/aromatic N) is 3. The minimum Gasteiger partial charge on any atom is -0.351 e. The Balaban J connectivity index is 1.27. The molecule has 1 fully saturated rings. The smallest absolute Gasteiger partial charge is 0.251 e. The lowest BCUT2D eigenvalue weighted by Gasteiger charge is -2.19. The molecule has 4 rings (SSSR count). The highest BCUT2D eigenvalue weighted by molar-refractivity contribution is 5.94. The van der Waals surface area contributed by atoms with Crippen LogP contribution >= 0.6 is 0 Å². The first-order valence-electron chi connectivity index (χ1n) is 11.1. The number of anilines is 2. The summed E-state index contributed by atoms with van der Waals surface area (Å²) in [7, 11) is 0. The molecule has 0 radical (unpaired) electrons. The number of hydrogen-bond donors (Lipinski definition) is 2. The van der Waals surface area contributed by atoms with Crippen LogP contribution in [-0.2, 0) is 0 Å². The van der Waals surface area contributed by atoms with Crippen LogP contribution in [0.3, 0.4) is 0 Å². The Morgan fingerprint density at radius 2 is 1.59 bits per heavy atom. The first-order chi connectivity index (χ1) is 15.7. The van der Waals surface area contributed by atoms with Gasteiger partial charge >= 0.3 is 0 Å². The van der Waals surface area contributed by atoms with Gasteiger partial charge in [0.2, 0.25) is 0 Å². The van der Waals surface area contributed by atoms with Crippen molar-refractivity contribution in [2.45, 2.75) is 25.7 Å². The number of nitrogens with one attached hydrogen (secondary N) is 2. The van der Waals surface area contributed by atoms with Gasteiger partial charge < -0.3 is 15.5 Å². The van der Waals surface area contributed by atoms with Gasteiger partial charge in [0.25, 0.3) is 5.91 Å². The van der Waals surface area contributed by atoms with E-state index in [1.807, 2.05) is 24.3 Å². The standard InChI is InChI=1S/C25H28FN5O/c26-21-9-5-19(6-10-21)23-13-14-24(30-29-23)28-22-11-7-20(8-12-22)25(32)27-15-18-31-16-3-1-2-4-17-31/h5-14H,1-4,15-18H2,(H,27,32)(H,28,30). The predicted octanol–water partition coefficient (Wildman–Crippen LogP) is 4.63. The highest BCUT2D eigenvalue weighted by Gasteiger charge is 2.10. The molecule has 0 atom stereocenters. The van der Waals surface area contributed by atoms with Crippen LogP contribution in [0.5, 0.6) is 0 Å². The van der Waals surface area contributed by atoms with Gasteiger partial charge in [-0.3, -0.25) is 4.79 Å². The van der Waals surface area contributed by atoms with Crippen LogP contribution in [0.2, 0.25) is 0 Å². The van der Waals surface area contributed by atoms with E-state index >= 15 is 0 Å². The number of carbonyl (C=O) groups is 1. The fourth-order valence-electron chi connectivity index (χ4n) is 3.82. The predicted molar refractivity (Wildman–Crippen MR) is 124 cm³/mol. The van der Waals surface area contributed by atoms with E-state index < -0.39 is 0 Å². The van der Waals surface area contributed by atoms with Gasteiger partial charge in [-0.15, -0.1) is 10.2 Å². The Labute approximate surface area is 187 Å². The van der Waals surface area contributed by atoms with Gasteiger partial charge in [0.15, 0.2) is 5.82 Å². The normalized spacial score (nSPS) is 14.5. The molecule has 166 valence electrons. The van der Waals surface area contributed by atoms with E-state index in [2.05, 4.69) is 25.7 Å². The summed E-state index contributed by atoms with van der Waals surface area (Å²) < 4.78 is 13.1. The molecule has 0 spiro atoms. The molecule has 32 heavy (non-hydrogen) atoms. The Morgan fingerprint density at radius 1 is 0.875 bits per heavy atom. The van der Waals surface area contributed by atoms with Crippen LogP contribution in [0.25, 0.3) is 11.3 Å². The van der Waals surface area contributed by atoms with Crippen LogP contribution < -0.4 is 10.6 Å². The summed E-state index contributed by atoms with van der Waals surface area (Å²) in [4.78, 5) is 14.9.